The van der Waals surface area contributed by atoms with Crippen molar-refractivity contribution in [2.45, 2.75) is 26.8 Å². The lowest BCUT2D eigenvalue weighted by Crippen LogP contribution is -2.31. The molecule has 4 heteroatoms. The zero-order valence-corrected chi connectivity index (χ0v) is 13.0. The van der Waals surface area contributed by atoms with Crippen LogP contribution in [0.1, 0.15) is 29.7 Å². The molecule has 0 radical (unpaired) electrons. The van der Waals surface area contributed by atoms with E-state index in [9.17, 15) is 9.18 Å². The Morgan fingerprint density at radius 1 is 1.18 bits per heavy atom. The highest BCUT2D eigenvalue weighted by Gasteiger charge is 2.11. The second-order valence-electron chi connectivity index (χ2n) is 5.40. The number of carbonyl (C=O) groups is 1. The third-order valence-electron chi connectivity index (χ3n) is 3.45. The number of carbonyl (C=O) groups excluding carboxylic acids is 1. The first-order valence-corrected chi connectivity index (χ1v) is 7.20. The smallest absolute Gasteiger partial charge is 0.258 e. The lowest BCUT2D eigenvalue weighted by atomic mass is 10.1. The molecule has 0 fully saturated rings. The molecule has 22 heavy (non-hydrogen) atoms. The number of ether oxygens (including phenoxy) is 1. The minimum atomic E-state index is -0.291. The van der Waals surface area contributed by atoms with Gasteiger partial charge in [0.2, 0.25) is 0 Å². The maximum atomic E-state index is 12.9. The van der Waals surface area contributed by atoms with Gasteiger partial charge in [-0.05, 0) is 55.7 Å². The molecule has 0 heterocycles. The second kappa shape index (κ2) is 7.07. The van der Waals surface area contributed by atoms with Crippen LogP contribution in [0.15, 0.2) is 42.5 Å². The van der Waals surface area contributed by atoms with Gasteiger partial charge >= 0.3 is 0 Å². The van der Waals surface area contributed by atoms with Crippen molar-refractivity contribution < 1.29 is 13.9 Å². The van der Waals surface area contributed by atoms with Gasteiger partial charge in [-0.15, -0.1) is 0 Å². The monoisotopic (exact) mass is 301 g/mol. The molecule has 0 aliphatic rings. The minimum absolute atomic E-state index is 0.0458. The highest BCUT2D eigenvalue weighted by molar-refractivity contribution is 5.78. The summed E-state index contributed by atoms with van der Waals surface area (Å²) in [6, 6.07) is 11.7. The first kappa shape index (κ1) is 16.0. The predicted octanol–water partition coefficient (Wildman–Crippen LogP) is 3.70. The Bertz CT molecular complexity index is 653. The van der Waals surface area contributed by atoms with Crippen LogP contribution in [-0.2, 0) is 4.79 Å². The molecule has 2 aromatic rings. The van der Waals surface area contributed by atoms with Gasteiger partial charge in [-0.25, -0.2) is 4.39 Å². The van der Waals surface area contributed by atoms with Gasteiger partial charge in [0.15, 0.2) is 6.61 Å². The summed E-state index contributed by atoms with van der Waals surface area (Å²) in [7, 11) is 0. The van der Waals surface area contributed by atoms with Crippen LogP contribution < -0.4 is 10.1 Å². The van der Waals surface area contributed by atoms with Crippen molar-refractivity contribution in [3.63, 3.8) is 0 Å². The Kier molecular flexibility index (Phi) is 5.15. The average Bonchev–Trinajstić information content (AvgIpc) is 2.49. The molecule has 2 rings (SSSR count). The van der Waals surface area contributed by atoms with Gasteiger partial charge in [-0.2, -0.15) is 0 Å². The summed E-state index contributed by atoms with van der Waals surface area (Å²) >= 11 is 0. The number of amides is 1. The van der Waals surface area contributed by atoms with E-state index in [2.05, 4.69) is 5.32 Å². The minimum Gasteiger partial charge on any atom is -0.483 e. The fourth-order valence-corrected chi connectivity index (χ4v) is 2.12. The van der Waals surface area contributed by atoms with Crippen LogP contribution in [0.4, 0.5) is 4.39 Å². The molecule has 0 aromatic heterocycles. The number of nitrogens with one attached hydrogen (secondary N) is 1. The summed E-state index contributed by atoms with van der Waals surface area (Å²) < 4.78 is 18.4. The highest BCUT2D eigenvalue weighted by Crippen LogP contribution is 2.19. The summed E-state index contributed by atoms with van der Waals surface area (Å²) in [5.41, 5.74) is 2.92. The van der Waals surface area contributed by atoms with Gasteiger partial charge in [0.1, 0.15) is 11.6 Å². The Balaban J connectivity index is 1.90. The molecular formula is C18H20FNO2. The Hall–Kier alpha value is -2.36. The van der Waals surface area contributed by atoms with E-state index >= 15 is 0 Å². The molecule has 1 amide bonds. The molecule has 0 aliphatic carbocycles. The molecule has 0 saturated heterocycles. The second-order valence-corrected chi connectivity index (χ2v) is 5.40. The van der Waals surface area contributed by atoms with Crippen LogP contribution in [-0.4, -0.2) is 12.5 Å². The molecule has 2 aromatic carbocycles. The quantitative estimate of drug-likeness (QED) is 0.914. The Morgan fingerprint density at radius 2 is 1.86 bits per heavy atom. The fourth-order valence-electron chi connectivity index (χ4n) is 2.12. The van der Waals surface area contributed by atoms with Crippen LogP contribution in [0.5, 0.6) is 5.75 Å². The number of benzene rings is 2. The maximum Gasteiger partial charge on any atom is 0.258 e. The van der Waals surface area contributed by atoms with E-state index in [4.69, 9.17) is 4.74 Å². The van der Waals surface area contributed by atoms with Crippen LogP contribution >= 0.6 is 0 Å². The van der Waals surface area contributed by atoms with Crippen LogP contribution in [0.25, 0.3) is 0 Å². The van der Waals surface area contributed by atoms with Gasteiger partial charge in [-0.3, -0.25) is 4.79 Å². The van der Waals surface area contributed by atoms with Gasteiger partial charge < -0.3 is 10.1 Å². The SMILES string of the molecule is Cc1ccc(C)c(OCC(=O)N[C@H](C)c2ccc(F)cc2)c1. The number of aryl methyl sites for hydroxylation is 2. The van der Waals surface area contributed by atoms with Gasteiger partial charge in [0.25, 0.3) is 5.91 Å². The van der Waals surface area contributed by atoms with Crippen molar-refractivity contribution >= 4 is 5.91 Å². The summed E-state index contributed by atoms with van der Waals surface area (Å²) in [6.45, 7) is 5.72. The molecule has 116 valence electrons. The Morgan fingerprint density at radius 3 is 2.55 bits per heavy atom. The summed E-state index contributed by atoms with van der Waals surface area (Å²) in [5, 5.41) is 2.83. The molecule has 0 aliphatic heterocycles. The van der Waals surface area contributed by atoms with Crippen LogP contribution in [0.3, 0.4) is 0 Å². The fraction of sp³-hybridized carbons (Fsp3) is 0.278. The molecule has 0 spiro atoms. The van der Waals surface area contributed by atoms with Gasteiger partial charge in [-0.1, -0.05) is 24.3 Å². The van der Waals surface area contributed by atoms with E-state index in [-0.39, 0.29) is 24.4 Å². The number of hydrogen-bond donors (Lipinski definition) is 1. The third kappa shape index (κ3) is 4.32. The van der Waals surface area contributed by atoms with Crippen molar-refractivity contribution in [1.82, 2.24) is 5.32 Å². The number of rotatable bonds is 5. The lowest BCUT2D eigenvalue weighted by Gasteiger charge is -2.15. The van der Waals surface area contributed by atoms with E-state index in [1.54, 1.807) is 12.1 Å². The lowest BCUT2D eigenvalue weighted by molar-refractivity contribution is -0.123. The van der Waals surface area contributed by atoms with E-state index in [0.717, 1.165) is 16.7 Å². The van der Waals surface area contributed by atoms with Crippen LogP contribution in [0.2, 0.25) is 0 Å². The zero-order valence-electron chi connectivity index (χ0n) is 13.0. The first-order valence-electron chi connectivity index (χ1n) is 7.20. The van der Waals surface area contributed by atoms with E-state index < -0.39 is 0 Å². The summed E-state index contributed by atoms with van der Waals surface area (Å²) in [5.74, 6) is 0.211. The highest BCUT2D eigenvalue weighted by atomic mass is 19.1. The average molecular weight is 301 g/mol. The molecule has 0 unspecified atom stereocenters. The van der Waals surface area contributed by atoms with Crippen molar-refractivity contribution in [2.24, 2.45) is 0 Å². The maximum absolute atomic E-state index is 12.9. The van der Waals surface area contributed by atoms with Crippen molar-refractivity contribution in [2.75, 3.05) is 6.61 Å². The normalized spacial score (nSPS) is 11.8. The van der Waals surface area contributed by atoms with Gasteiger partial charge in [0, 0.05) is 0 Å². The van der Waals surface area contributed by atoms with Crippen molar-refractivity contribution in [3.05, 3.63) is 65.0 Å². The Labute approximate surface area is 130 Å². The van der Waals surface area contributed by atoms with Crippen molar-refractivity contribution in [3.8, 4) is 5.75 Å². The standard InChI is InChI=1S/C18H20FNO2/c1-12-4-5-13(2)17(10-12)22-11-18(21)20-14(3)15-6-8-16(19)9-7-15/h4-10,14H,11H2,1-3H3,(H,20,21)/t14-/m1/s1. The topological polar surface area (TPSA) is 38.3 Å². The number of halogens is 1. The first-order chi connectivity index (χ1) is 10.5. The van der Waals surface area contributed by atoms with E-state index in [1.165, 1.54) is 12.1 Å². The molecule has 1 N–H and O–H groups in total. The third-order valence-corrected chi connectivity index (χ3v) is 3.45. The van der Waals surface area contributed by atoms with E-state index in [1.807, 2.05) is 39.0 Å². The molecule has 0 bridgehead atoms. The predicted molar refractivity (Wildman–Crippen MR) is 84.4 cm³/mol. The molecular weight excluding hydrogens is 281 g/mol. The molecule has 1 atom stereocenters. The summed E-state index contributed by atoms with van der Waals surface area (Å²) in [4.78, 5) is 12.0. The molecule has 3 nitrogen and oxygen atoms in total. The largest absolute Gasteiger partial charge is 0.483 e. The van der Waals surface area contributed by atoms with E-state index in [0.29, 0.717) is 5.75 Å². The zero-order chi connectivity index (χ0) is 16.1. The van der Waals surface area contributed by atoms with Gasteiger partial charge in [0.05, 0.1) is 6.04 Å². The van der Waals surface area contributed by atoms with Crippen molar-refractivity contribution in [1.29, 1.82) is 0 Å². The van der Waals surface area contributed by atoms with Crippen LogP contribution in [0, 0.1) is 19.7 Å². The summed E-state index contributed by atoms with van der Waals surface area (Å²) in [6.07, 6.45) is 0. The number of hydrogen-bond acceptors (Lipinski definition) is 2. The molecule has 0 saturated carbocycles.